The van der Waals surface area contributed by atoms with Crippen molar-refractivity contribution >= 4 is 50.8 Å². The number of nitrogens with zero attached hydrogens (tertiary/aromatic N) is 2. The van der Waals surface area contributed by atoms with Crippen molar-refractivity contribution in [2.45, 2.75) is 52.1 Å². The SMILES string of the molecule is CCOC(=O)CC[C@@H](NC(=O)c1ccc(CCc2c(Br)n(Cc3ccccc3)c3nc(N)[nH]c(=O)c23)cc1)C(=O)OCC. The van der Waals surface area contributed by atoms with E-state index in [0.717, 1.165) is 21.3 Å². The molecule has 226 valence electrons. The largest absolute Gasteiger partial charge is 0.466 e. The van der Waals surface area contributed by atoms with E-state index in [9.17, 15) is 19.2 Å². The van der Waals surface area contributed by atoms with Gasteiger partial charge in [0.1, 0.15) is 6.04 Å². The highest BCUT2D eigenvalue weighted by Gasteiger charge is 2.24. The number of rotatable bonds is 13. The van der Waals surface area contributed by atoms with Gasteiger partial charge in [0, 0.05) is 12.0 Å². The monoisotopic (exact) mass is 651 g/mol. The minimum absolute atomic E-state index is 0.0290. The molecule has 0 aliphatic carbocycles. The molecule has 0 spiro atoms. The van der Waals surface area contributed by atoms with Gasteiger partial charge in [0.2, 0.25) is 5.95 Å². The smallest absolute Gasteiger partial charge is 0.328 e. The zero-order chi connectivity index (χ0) is 30.9. The number of aromatic amines is 1. The van der Waals surface area contributed by atoms with Gasteiger partial charge in [-0.05, 0) is 77.9 Å². The Morgan fingerprint density at radius 2 is 1.70 bits per heavy atom. The molecule has 4 rings (SSSR count). The van der Waals surface area contributed by atoms with E-state index < -0.39 is 23.9 Å². The van der Waals surface area contributed by atoms with Crippen molar-refractivity contribution in [2.24, 2.45) is 0 Å². The van der Waals surface area contributed by atoms with Crippen molar-refractivity contribution in [3.8, 4) is 0 Å². The van der Waals surface area contributed by atoms with Gasteiger partial charge in [0.15, 0.2) is 5.65 Å². The second-order valence-corrected chi connectivity index (χ2v) is 10.6. The Kier molecular flexibility index (Phi) is 10.7. The number of fused-ring (bicyclic) bond motifs is 1. The number of ether oxygens (including phenoxy) is 2. The maximum absolute atomic E-state index is 12.9. The average molecular weight is 653 g/mol. The highest BCUT2D eigenvalue weighted by atomic mass is 79.9. The summed E-state index contributed by atoms with van der Waals surface area (Å²) < 4.78 is 12.7. The lowest BCUT2D eigenvalue weighted by Gasteiger charge is -2.17. The number of carbonyl (C=O) groups is 3. The summed E-state index contributed by atoms with van der Waals surface area (Å²) >= 11 is 3.70. The zero-order valence-electron chi connectivity index (χ0n) is 24.0. The van der Waals surface area contributed by atoms with Gasteiger partial charge in [0.25, 0.3) is 11.5 Å². The fourth-order valence-electron chi connectivity index (χ4n) is 4.76. The normalized spacial score (nSPS) is 11.7. The van der Waals surface area contributed by atoms with Gasteiger partial charge in [-0.15, -0.1) is 0 Å². The maximum Gasteiger partial charge on any atom is 0.328 e. The molecule has 1 atom stereocenters. The summed E-state index contributed by atoms with van der Waals surface area (Å²) in [5.74, 6) is -1.48. The number of hydrogen-bond acceptors (Lipinski definition) is 8. The van der Waals surface area contributed by atoms with Crippen LogP contribution in [0.1, 0.15) is 53.7 Å². The third-order valence-corrected chi connectivity index (χ3v) is 7.75. The molecule has 0 saturated carbocycles. The molecule has 2 aromatic carbocycles. The number of aromatic nitrogens is 3. The first-order valence-electron chi connectivity index (χ1n) is 14.0. The van der Waals surface area contributed by atoms with E-state index in [1.807, 2.05) is 47.0 Å². The molecule has 4 N–H and O–H groups in total. The Morgan fingerprint density at radius 1 is 1.00 bits per heavy atom. The van der Waals surface area contributed by atoms with Gasteiger partial charge in [0.05, 0.1) is 29.7 Å². The first kappa shape index (κ1) is 31.5. The number of esters is 2. The van der Waals surface area contributed by atoms with E-state index in [-0.39, 0.29) is 37.6 Å². The molecule has 2 heterocycles. The minimum Gasteiger partial charge on any atom is -0.466 e. The van der Waals surface area contributed by atoms with Gasteiger partial charge < -0.3 is 25.1 Å². The van der Waals surface area contributed by atoms with Crippen molar-refractivity contribution in [1.82, 2.24) is 19.9 Å². The van der Waals surface area contributed by atoms with Crippen LogP contribution in [0, 0.1) is 0 Å². The number of nitrogens with two attached hydrogens (primary N) is 1. The van der Waals surface area contributed by atoms with Crippen LogP contribution in [-0.2, 0) is 38.4 Å². The van der Waals surface area contributed by atoms with Crippen LogP contribution in [-0.4, -0.2) is 51.6 Å². The van der Waals surface area contributed by atoms with Crippen LogP contribution in [0.25, 0.3) is 11.0 Å². The van der Waals surface area contributed by atoms with Gasteiger partial charge in [-0.1, -0.05) is 42.5 Å². The third-order valence-electron chi connectivity index (χ3n) is 6.84. The summed E-state index contributed by atoms with van der Waals surface area (Å²) in [6.45, 7) is 4.25. The topological polar surface area (TPSA) is 158 Å². The molecule has 11 nitrogen and oxygen atoms in total. The second kappa shape index (κ2) is 14.6. The number of hydrogen-bond donors (Lipinski definition) is 3. The molecule has 43 heavy (non-hydrogen) atoms. The fraction of sp³-hybridized carbons (Fsp3) is 0.323. The predicted octanol–water partition coefficient (Wildman–Crippen LogP) is 3.91. The number of benzene rings is 2. The summed E-state index contributed by atoms with van der Waals surface area (Å²) in [6.07, 6.45) is 1.14. The van der Waals surface area contributed by atoms with Crippen LogP contribution in [0.4, 0.5) is 5.95 Å². The number of aryl methyl sites for hydroxylation is 2. The maximum atomic E-state index is 12.9. The van der Waals surface area contributed by atoms with Gasteiger partial charge in [-0.2, -0.15) is 4.98 Å². The quantitative estimate of drug-likeness (QED) is 0.184. The number of amides is 1. The van der Waals surface area contributed by atoms with Gasteiger partial charge in [-0.25, -0.2) is 4.79 Å². The van der Waals surface area contributed by atoms with Crippen LogP contribution in [0.2, 0.25) is 0 Å². The minimum atomic E-state index is -0.983. The molecule has 12 heteroatoms. The molecular formula is C31H34BrN5O6. The number of anilines is 1. The molecule has 0 unspecified atom stereocenters. The standard InChI is InChI=1S/C31H34BrN5O6/c1-3-42-24(38)17-16-23(30(41)43-4-2)34-28(39)21-13-10-19(11-14-21)12-15-22-25-27(35-31(33)36-29(25)40)37(26(22)32)18-20-8-6-5-7-9-20/h5-11,13-14,23H,3-4,12,15-18H2,1-2H3,(H,34,39)(H3,33,35,36,40)/t23-/m1/s1. The van der Waals surface area contributed by atoms with Crippen LogP contribution in [0.15, 0.2) is 64.0 Å². The molecule has 0 aliphatic rings. The Hall–Kier alpha value is -4.45. The Labute approximate surface area is 256 Å². The van der Waals surface area contributed by atoms with Gasteiger partial charge >= 0.3 is 11.9 Å². The molecule has 0 bridgehead atoms. The van der Waals surface area contributed by atoms with E-state index in [0.29, 0.717) is 36.0 Å². The number of nitrogen functional groups attached to an aromatic ring is 1. The van der Waals surface area contributed by atoms with E-state index >= 15 is 0 Å². The molecular weight excluding hydrogens is 618 g/mol. The third kappa shape index (κ3) is 7.89. The number of carbonyl (C=O) groups excluding carboxylic acids is 3. The predicted molar refractivity (Wildman–Crippen MR) is 166 cm³/mol. The van der Waals surface area contributed by atoms with Crippen molar-refractivity contribution in [3.63, 3.8) is 0 Å². The number of nitrogens with one attached hydrogen (secondary N) is 2. The molecule has 1 amide bonds. The first-order valence-corrected chi connectivity index (χ1v) is 14.8. The summed E-state index contributed by atoms with van der Waals surface area (Å²) in [6, 6.07) is 15.9. The Balaban J connectivity index is 1.48. The van der Waals surface area contributed by atoms with Crippen molar-refractivity contribution in [2.75, 3.05) is 18.9 Å². The molecule has 0 radical (unpaired) electrons. The summed E-state index contributed by atoms with van der Waals surface area (Å²) in [7, 11) is 0. The van der Waals surface area contributed by atoms with Crippen molar-refractivity contribution < 1.29 is 23.9 Å². The van der Waals surface area contributed by atoms with E-state index in [4.69, 9.17) is 15.2 Å². The van der Waals surface area contributed by atoms with Crippen molar-refractivity contribution in [3.05, 3.63) is 91.8 Å². The van der Waals surface area contributed by atoms with Crippen LogP contribution >= 0.6 is 15.9 Å². The first-order chi connectivity index (χ1) is 20.7. The molecule has 2 aromatic heterocycles. The lowest BCUT2D eigenvalue weighted by atomic mass is 10.0. The summed E-state index contributed by atoms with van der Waals surface area (Å²) in [5, 5.41) is 3.14. The molecule has 0 saturated heterocycles. The second-order valence-electron chi connectivity index (χ2n) is 9.81. The Bertz CT molecular complexity index is 1650. The summed E-state index contributed by atoms with van der Waals surface area (Å²) in [4.78, 5) is 57.1. The van der Waals surface area contributed by atoms with Crippen molar-refractivity contribution in [1.29, 1.82) is 0 Å². The van der Waals surface area contributed by atoms with E-state index in [2.05, 4.69) is 31.2 Å². The highest BCUT2D eigenvalue weighted by Crippen LogP contribution is 2.30. The lowest BCUT2D eigenvalue weighted by Crippen LogP contribution is -2.42. The number of H-pyrrole nitrogens is 1. The van der Waals surface area contributed by atoms with Crippen LogP contribution in [0.5, 0.6) is 0 Å². The number of halogens is 1. The summed E-state index contributed by atoms with van der Waals surface area (Å²) in [5.41, 5.74) is 9.22. The van der Waals surface area contributed by atoms with Crippen LogP contribution in [0.3, 0.4) is 0 Å². The van der Waals surface area contributed by atoms with Crippen LogP contribution < -0.4 is 16.6 Å². The molecule has 4 aromatic rings. The molecule has 0 fully saturated rings. The average Bonchev–Trinajstić information content (AvgIpc) is 3.25. The van der Waals surface area contributed by atoms with E-state index in [1.165, 1.54) is 0 Å². The molecule has 0 aliphatic heterocycles. The zero-order valence-corrected chi connectivity index (χ0v) is 25.6. The highest BCUT2D eigenvalue weighted by molar-refractivity contribution is 9.10. The fourth-order valence-corrected chi connectivity index (χ4v) is 5.45. The lowest BCUT2D eigenvalue weighted by molar-refractivity contribution is -0.146. The van der Waals surface area contributed by atoms with Gasteiger partial charge in [-0.3, -0.25) is 19.4 Å². The van der Waals surface area contributed by atoms with E-state index in [1.54, 1.807) is 26.0 Å². The Morgan fingerprint density at radius 3 is 2.37 bits per heavy atom.